The van der Waals surface area contributed by atoms with Gasteiger partial charge in [-0.2, -0.15) is 0 Å². The summed E-state index contributed by atoms with van der Waals surface area (Å²) in [5.74, 6) is -0.156. The van der Waals surface area contributed by atoms with Gasteiger partial charge in [0.1, 0.15) is 0 Å². The molecule has 0 atom stereocenters. The topological polar surface area (TPSA) is 37.3 Å². The molecular formula is C19H20O2. The van der Waals surface area contributed by atoms with Crippen molar-refractivity contribution in [2.75, 3.05) is 0 Å². The van der Waals surface area contributed by atoms with Crippen LogP contribution in [0.3, 0.4) is 0 Å². The van der Waals surface area contributed by atoms with E-state index in [4.69, 9.17) is 5.11 Å². The van der Waals surface area contributed by atoms with Crippen LogP contribution >= 0.6 is 0 Å². The van der Waals surface area contributed by atoms with Crippen molar-refractivity contribution in [1.29, 1.82) is 0 Å². The fourth-order valence-corrected chi connectivity index (χ4v) is 3.19. The van der Waals surface area contributed by atoms with Gasteiger partial charge in [-0.05, 0) is 47.6 Å². The summed E-state index contributed by atoms with van der Waals surface area (Å²) in [5, 5.41) is 8.93. The van der Waals surface area contributed by atoms with Crippen LogP contribution in [-0.2, 0) is 0 Å². The van der Waals surface area contributed by atoms with Gasteiger partial charge in [-0.1, -0.05) is 55.7 Å². The van der Waals surface area contributed by atoms with E-state index in [1.165, 1.54) is 37.7 Å². The van der Waals surface area contributed by atoms with E-state index in [2.05, 4.69) is 24.3 Å². The van der Waals surface area contributed by atoms with Crippen molar-refractivity contribution >= 4 is 5.97 Å². The Labute approximate surface area is 125 Å². The minimum Gasteiger partial charge on any atom is -0.478 e. The van der Waals surface area contributed by atoms with Gasteiger partial charge in [0.2, 0.25) is 0 Å². The molecule has 2 nitrogen and oxygen atoms in total. The first-order valence-electron chi connectivity index (χ1n) is 7.68. The minimum absolute atomic E-state index is 0.331. The van der Waals surface area contributed by atoms with Crippen molar-refractivity contribution in [3.05, 3.63) is 59.7 Å². The van der Waals surface area contributed by atoms with Crippen LogP contribution in [0.1, 0.15) is 53.9 Å². The smallest absolute Gasteiger partial charge is 0.335 e. The molecule has 1 aliphatic rings. The van der Waals surface area contributed by atoms with Crippen LogP contribution < -0.4 is 0 Å². The van der Waals surface area contributed by atoms with Crippen molar-refractivity contribution in [3.63, 3.8) is 0 Å². The lowest BCUT2D eigenvalue weighted by molar-refractivity contribution is 0.0697. The lowest BCUT2D eigenvalue weighted by Crippen LogP contribution is -2.04. The zero-order chi connectivity index (χ0) is 14.7. The first kappa shape index (κ1) is 13.9. The molecule has 2 aromatic carbocycles. The van der Waals surface area contributed by atoms with Gasteiger partial charge in [-0.25, -0.2) is 4.79 Å². The molecule has 0 heterocycles. The van der Waals surface area contributed by atoms with E-state index in [1.54, 1.807) is 12.1 Å². The summed E-state index contributed by atoms with van der Waals surface area (Å²) < 4.78 is 0. The number of carbonyl (C=O) groups is 1. The highest BCUT2D eigenvalue weighted by atomic mass is 16.4. The maximum absolute atomic E-state index is 10.9. The predicted molar refractivity (Wildman–Crippen MR) is 84.7 cm³/mol. The van der Waals surface area contributed by atoms with Gasteiger partial charge in [0, 0.05) is 0 Å². The van der Waals surface area contributed by atoms with E-state index >= 15 is 0 Å². The van der Waals surface area contributed by atoms with Crippen LogP contribution in [-0.4, -0.2) is 11.1 Å². The van der Waals surface area contributed by atoms with E-state index in [-0.39, 0.29) is 0 Å². The summed E-state index contributed by atoms with van der Waals surface area (Å²) >= 11 is 0. The van der Waals surface area contributed by atoms with Gasteiger partial charge >= 0.3 is 5.97 Å². The fourth-order valence-electron chi connectivity index (χ4n) is 3.19. The number of aromatic carboxylic acids is 1. The highest BCUT2D eigenvalue weighted by Crippen LogP contribution is 2.33. The summed E-state index contributed by atoms with van der Waals surface area (Å²) in [6, 6.07) is 15.8. The molecule has 0 spiro atoms. The van der Waals surface area contributed by atoms with Crippen LogP contribution in [0.15, 0.2) is 48.5 Å². The van der Waals surface area contributed by atoms with Crippen LogP contribution in [0.2, 0.25) is 0 Å². The Kier molecular flexibility index (Phi) is 4.05. The largest absolute Gasteiger partial charge is 0.478 e. The van der Waals surface area contributed by atoms with Crippen molar-refractivity contribution in [2.24, 2.45) is 0 Å². The van der Waals surface area contributed by atoms with Crippen LogP contribution in [0.25, 0.3) is 11.1 Å². The number of benzene rings is 2. The molecule has 21 heavy (non-hydrogen) atoms. The molecule has 2 heteroatoms. The molecule has 1 fully saturated rings. The third-order valence-electron chi connectivity index (χ3n) is 4.45. The van der Waals surface area contributed by atoms with E-state index in [9.17, 15) is 4.79 Å². The van der Waals surface area contributed by atoms with Crippen molar-refractivity contribution in [3.8, 4) is 11.1 Å². The second-order valence-corrected chi connectivity index (χ2v) is 5.84. The van der Waals surface area contributed by atoms with Crippen molar-refractivity contribution in [1.82, 2.24) is 0 Å². The molecule has 0 aliphatic heterocycles. The number of rotatable bonds is 3. The highest BCUT2D eigenvalue weighted by Gasteiger charge is 2.15. The third kappa shape index (κ3) is 3.15. The van der Waals surface area contributed by atoms with E-state index in [0.29, 0.717) is 5.56 Å². The van der Waals surface area contributed by atoms with Crippen LogP contribution in [0, 0.1) is 0 Å². The van der Waals surface area contributed by atoms with Gasteiger partial charge in [0.15, 0.2) is 0 Å². The van der Waals surface area contributed by atoms with Gasteiger partial charge in [0.05, 0.1) is 5.56 Å². The molecule has 3 rings (SSSR count). The zero-order valence-corrected chi connectivity index (χ0v) is 12.1. The second kappa shape index (κ2) is 6.13. The standard InChI is InChI=1S/C19H20O2/c20-19(21)18-12-10-17(11-13-18)16-8-6-15(7-9-16)14-4-2-1-3-5-14/h6-14H,1-5H2,(H,20,21). The molecule has 0 radical (unpaired) electrons. The molecule has 0 amide bonds. The SMILES string of the molecule is O=C(O)c1ccc(-c2ccc(C3CCCCC3)cc2)cc1. The van der Waals surface area contributed by atoms with Crippen molar-refractivity contribution < 1.29 is 9.90 Å². The molecule has 0 unspecified atom stereocenters. The normalized spacial score (nSPS) is 15.8. The van der Waals surface area contributed by atoms with E-state index in [0.717, 1.165) is 17.0 Å². The average molecular weight is 280 g/mol. The second-order valence-electron chi connectivity index (χ2n) is 5.84. The Balaban J connectivity index is 1.78. The number of carboxylic acids is 1. The van der Waals surface area contributed by atoms with E-state index < -0.39 is 5.97 Å². The highest BCUT2D eigenvalue weighted by molar-refractivity contribution is 5.88. The molecule has 0 bridgehead atoms. The summed E-state index contributed by atoms with van der Waals surface area (Å²) in [7, 11) is 0. The Hall–Kier alpha value is -2.09. The van der Waals surface area contributed by atoms with Gasteiger partial charge in [-0.15, -0.1) is 0 Å². The molecule has 0 aromatic heterocycles. The zero-order valence-electron chi connectivity index (χ0n) is 12.1. The molecule has 1 aliphatic carbocycles. The number of hydrogen-bond donors (Lipinski definition) is 1. The summed E-state index contributed by atoms with van der Waals surface area (Å²) in [4.78, 5) is 10.9. The predicted octanol–water partition coefficient (Wildman–Crippen LogP) is 5.10. The Morgan fingerprint density at radius 2 is 1.33 bits per heavy atom. The Morgan fingerprint density at radius 3 is 1.86 bits per heavy atom. The maximum atomic E-state index is 10.9. The first-order valence-corrected chi connectivity index (χ1v) is 7.68. The lowest BCUT2D eigenvalue weighted by atomic mass is 9.84. The molecule has 1 N–H and O–H groups in total. The summed E-state index contributed by atoms with van der Waals surface area (Å²) in [6.07, 6.45) is 6.70. The van der Waals surface area contributed by atoms with Crippen molar-refractivity contribution in [2.45, 2.75) is 38.0 Å². The van der Waals surface area contributed by atoms with Gasteiger partial charge in [-0.3, -0.25) is 0 Å². The van der Waals surface area contributed by atoms with Crippen LogP contribution in [0.4, 0.5) is 0 Å². The average Bonchev–Trinajstić information content (AvgIpc) is 2.56. The molecule has 108 valence electrons. The molecule has 2 aromatic rings. The molecule has 1 saturated carbocycles. The van der Waals surface area contributed by atoms with Crippen LogP contribution in [0.5, 0.6) is 0 Å². The van der Waals surface area contributed by atoms with Gasteiger partial charge in [0.25, 0.3) is 0 Å². The molecule has 0 saturated heterocycles. The fraction of sp³-hybridized carbons (Fsp3) is 0.316. The summed E-state index contributed by atoms with van der Waals surface area (Å²) in [6.45, 7) is 0. The third-order valence-corrected chi connectivity index (χ3v) is 4.45. The lowest BCUT2D eigenvalue weighted by Gasteiger charge is -2.22. The Morgan fingerprint density at radius 1 is 0.810 bits per heavy atom. The number of carboxylic acid groups (broad SMARTS) is 1. The Bertz CT molecular complexity index is 605. The quantitative estimate of drug-likeness (QED) is 0.849. The monoisotopic (exact) mass is 280 g/mol. The van der Waals surface area contributed by atoms with E-state index in [1.807, 2.05) is 12.1 Å². The first-order chi connectivity index (χ1) is 10.2. The molecular weight excluding hydrogens is 260 g/mol. The van der Waals surface area contributed by atoms with Gasteiger partial charge < -0.3 is 5.11 Å². The number of hydrogen-bond acceptors (Lipinski definition) is 1. The minimum atomic E-state index is -0.880. The maximum Gasteiger partial charge on any atom is 0.335 e. The summed E-state index contributed by atoms with van der Waals surface area (Å²) in [5.41, 5.74) is 3.99.